The van der Waals surface area contributed by atoms with E-state index in [4.69, 9.17) is 10.5 Å². The predicted molar refractivity (Wildman–Crippen MR) is 75.9 cm³/mol. The van der Waals surface area contributed by atoms with Gasteiger partial charge in [0.1, 0.15) is 0 Å². The fourth-order valence-corrected chi connectivity index (χ4v) is 2.55. The van der Waals surface area contributed by atoms with E-state index in [-0.39, 0.29) is 0 Å². The molecule has 94 valence electrons. The van der Waals surface area contributed by atoms with E-state index < -0.39 is 0 Å². The van der Waals surface area contributed by atoms with Crippen LogP contribution in [0, 0.1) is 6.92 Å². The molecule has 0 saturated heterocycles. The maximum atomic E-state index is 5.73. The average molecular weight is 260 g/mol. The largest absolute Gasteiger partial charge is 0.481 e. The number of hydrogen-bond donors (Lipinski definition) is 1. The van der Waals surface area contributed by atoms with Crippen LogP contribution in [0.4, 0.5) is 5.69 Å². The van der Waals surface area contributed by atoms with E-state index in [1.54, 1.807) is 18.9 Å². The molecule has 2 rings (SSSR count). The molecule has 1 aromatic heterocycles. The second-order valence-electron chi connectivity index (χ2n) is 3.98. The topological polar surface area (TPSA) is 48.1 Å². The third-order valence-electron chi connectivity index (χ3n) is 2.56. The second-order valence-corrected chi connectivity index (χ2v) is 5.00. The van der Waals surface area contributed by atoms with Gasteiger partial charge in [0.15, 0.2) is 0 Å². The summed E-state index contributed by atoms with van der Waals surface area (Å²) in [4.78, 5) is 5.62. The van der Waals surface area contributed by atoms with E-state index in [0.29, 0.717) is 5.88 Å². The molecule has 2 N–H and O–H groups in total. The number of nitrogens with two attached hydrogens (primary N) is 1. The van der Waals surface area contributed by atoms with Gasteiger partial charge in [0, 0.05) is 22.4 Å². The van der Waals surface area contributed by atoms with Crippen LogP contribution in [0.5, 0.6) is 5.88 Å². The monoisotopic (exact) mass is 260 g/mol. The van der Waals surface area contributed by atoms with Gasteiger partial charge < -0.3 is 10.5 Å². The zero-order valence-corrected chi connectivity index (χ0v) is 11.3. The van der Waals surface area contributed by atoms with E-state index >= 15 is 0 Å². The summed E-state index contributed by atoms with van der Waals surface area (Å²) in [6, 6.07) is 11.8. The van der Waals surface area contributed by atoms with Crippen LogP contribution in [-0.4, -0.2) is 12.1 Å². The molecular formula is C14H16N2OS. The first-order valence-electron chi connectivity index (χ1n) is 5.68. The minimum Gasteiger partial charge on any atom is -0.481 e. The van der Waals surface area contributed by atoms with Gasteiger partial charge in [0.25, 0.3) is 0 Å². The number of nitrogen functional groups attached to an aromatic ring is 1. The van der Waals surface area contributed by atoms with Gasteiger partial charge >= 0.3 is 0 Å². The highest BCUT2D eigenvalue weighted by molar-refractivity contribution is 7.98. The Balaban J connectivity index is 2.06. The molecule has 0 radical (unpaired) electrons. The summed E-state index contributed by atoms with van der Waals surface area (Å²) >= 11 is 1.75. The maximum absolute atomic E-state index is 5.73. The molecule has 1 heterocycles. The molecule has 0 amide bonds. The molecule has 0 saturated carbocycles. The first-order chi connectivity index (χ1) is 8.69. The summed E-state index contributed by atoms with van der Waals surface area (Å²) in [5.41, 5.74) is 8.74. The predicted octanol–water partition coefficient (Wildman–Crippen LogP) is 3.27. The van der Waals surface area contributed by atoms with Crippen LogP contribution in [0.25, 0.3) is 0 Å². The molecule has 0 bridgehead atoms. The molecule has 0 atom stereocenters. The lowest BCUT2D eigenvalue weighted by Gasteiger charge is -2.07. The van der Waals surface area contributed by atoms with E-state index in [1.165, 1.54) is 10.5 Å². The van der Waals surface area contributed by atoms with Gasteiger partial charge in [-0.1, -0.05) is 6.07 Å². The average Bonchev–Trinajstić information content (AvgIpc) is 2.38. The Bertz CT molecular complexity index is 543. The van der Waals surface area contributed by atoms with Crippen molar-refractivity contribution in [1.82, 2.24) is 4.98 Å². The molecule has 18 heavy (non-hydrogen) atoms. The molecule has 3 nitrogen and oxygen atoms in total. The molecule has 0 unspecified atom stereocenters. The molecule has 0 aliphatic carbocycles. The third-order valence-corrected chi connectivity index (χ3v) is 3.77. The molecule has 0 aliphatic heterocycles. The van der Waals surface area contributed by atoms with Crippen molar-refractivity contribution < 1.29 is 4.74 Å². The summed E-state index contributed by atoms with van der Waals surface area (Å²) in [5.74, 6) is 1.48. The van der Waals surface area contributed by atoms with E-state index in [9.17, 15) is 0 Å². The lowest BCUT2D eigenvalue weighted by molar-refractivity contribution is 0.397. The van der Waals surface area contributed by atoms with Crippen molar-refractivity contribution in [2.75, 3.05) is 12.8 Å². The SMILES string of the molecule is COc1cccc(CSc2ccc(N)cc2C)n1. The smallest absolute Gasteiger partial charge is 0.213 e. The van der Waals surface area contributed by atoms with Crippen molar-refractivity contribution in [2.24, 2.45) is 0 Å². The van der Waals surface area contributed by atoms with Crippen LogP contribution >= 0.6 is 11.8 Å². The number of aromatic nitrogens is 1. The Morgan fingerprint density at radius 2 is 2.11 bits per heavy atom. The number of methoxy groups -OCH3 is 1. The lowest BCUT2D eigenvalue weighted by atomic mass is 10.2. The molecular weight excluding hydrogens is 244 g/mol. The number of rotatable bonds is 4. The molecule has 0 spiro atoms. The van der Waals surface area contributed by atoms with Crippen LogP contribution in [0.2, 0.25) is 0 Å². The Hall–Kier alpha value is -1.68. The van der Waals surface area contributed by atoms with E-state index in [2.05, 4.69) is 18.0 Å². The number of aryl methyl sites for hydroxylation is 1. The number of nitrogens with zero attached hydrogens (tertiary/aromatic N) is 1. The van der Waals surface area contributed by atoms with Crippen LogP contribution < -0.4 is 10.5 Å². The van der Waals surface area contributed by atoms with Gasteiger partial charge in [0.05, 0.1) is 12.8 Å². The Morgan fingerprint density at radius 3 is 2.83 bits per heavy atom. The number of hydrogen-bond acceptors (Lipinski definition) is 4. The molecule has 0 fully saturated rings. The highest BCUT2D eigenvalue weighted by Crippen LogP contribution is 2.27. The molecule has 1 aromatic carbocycles. The number of thioether (sulfide) groups is 1. The van der Waals surface area contributed by atoms with E-state index in [0.717, 1.165) is 17.1 Å². The third kappa shape index (κ3) is 3.17. The first kappa shape index (κ1) is 12.8. The minimum atomic E-state index is 0.655. The summed E-state index contributed by atoms with van der Waals surface area (Å²) in [6.45, 7) is 2.07. The van der Waals surface area contributed by atoms with Gasteiger partial charge in [-0.15, -0.1) is 11.8 Å². The van der Waals surface area contributed by atoms with Crippen molar-refractivity contribution >= 4 is 17.4 Å². The summed E-state index contributed by atoms with van der Waals surface area (Å²) in [7, 11) is 1.63. The van der Waals surface area contributed by atoms with Crippen molar-refractivity contribution in [3.8, 4) is 5.88 Å². The lowest BCUT2D eigenvalue weighted by Crippen LogP contribution is -1.92. The highest BCUT2D eigenvalue weighted by atomic mass is 32.2. The minimum absolute atomic E-state index is 0.655. The summed E-state index contributed by atoms with van der Waals surface area (Å²) in [6.07, 6.45) is 0. The number of anilines is 1. The number of pyridine rings is 1. The number of ether oxygens (including phenoxy) is 1. The fraction of sp³-hybridized carbons (Fsp3) is 0.214. The van der Waals surface area contributed by atoms with Crippen molar-refractivity contribution in [3.63, 3.8) is 0 Å². The van der Waals surface area contributed by atoms with Gasteiger partial charge in [0.2, 0.25) is 5.88 Å². The van der Waals surface area contributed by atoms with Gasteiger partial charge in [-0.05, 0) is 36.8 Å². The summed E-state index contributed by atoms with van der Waals surface area (Å²) in [5, 5.41) is 0. The van der Waals surface area contributed by atoms with Gasteiger partial charge in [-0.25, -0.2) is 4.98 Å². The first-order valence-corrected chi connectivity index (χ1v) is 6.66. The Kier molecular flexibility index (Phi) is 4.10. The van der Waals surface area contributed by atoms with Crippen LogP contribution in [0.3, 0.4) is 0 Å². The van der Waals surface area contributed by atoms with Crippen LogP contribution in [-0.2, 0) is 5.75 Å². The molecule has 0 aliphatic rings. The fourth-order valence-electron chi connectivity index (χ4n) is 1.64. The van der Waals surface area contributed by atoms with Gasteiger partial charge in [-0.3, -0.25) is 0 Å². The highest BCUT2D eigenvalue weighted by Gasteiger charge is 2.02. The normalized spacial score (nSPS) is 10.3. The standard InChI is InChI=1S/C14H16N2OS/c1-10-8-11(15)6-7-13(10)18-9-12-4-3-5-14(16-12)17-2/h3-8H,9,15H2,1-2H3. The van der Waals surface area contributed by atoms with E-state index in [1.807, 2.05) is 30.3 Å². The van der Waals surface area contributed by atoms with Gasteiger partial charge in [-0.2, -0.15) is 0 Å². The summed E-state index contributed by atoms with van der Waals surface area (Å²) < 4.78 is 5.11. The second kappa shape index (κ2) is 5.78. The zero-order chi connectivity index (χ0) is 13.0. The van der Waals surface area contributed by atoms with Crippen molar-refractivity contribution in [3.05, 3.63) is 47.7 Å². The van der Waals surface area contributed by atoms with Crippen molar-refractivity contribution in [1.29, 1.82) is 0 Å². The zero-order valence-electron chi connectivity index (χ0n) is 10.5. The maximum Gasteiger partial charge on any atom is 0.213 e. The Morgan fingerprint density at radius 1 is 1.28 bits per heavy atom. The van der Waals surface area contributed by atoms with Crippen LogP contribution in [0.15, 0.2) is 41.3 Å². The van der Waals surface area contributed by atoms with Crippen LogP contribution in [0.1, 0.15) is 11.3 Å². The van der Waals surface area contributed by atoms with Crippen molar-refractivity contribution in [2.45, 2.75) is 17.6 Å². The number of benzene rings is 1. The quantitative estimate of drug-likeness (QED) is 0.677. The molecule has 2 aromatic rings. The molecule has 4 heteroatoms. The Labute approximate surface area is 111 Å².